The zero-order chi connectivity index (χ0) is 18.9. The van der Waals surface area contributed by atoms with Gasteiger partial charge in [0.15, 0.2) is 6.61 Å². The van der Waals surface area contributed by atoms with Gasteiger partial charge in [0.05, 0.1) is 17.8 Å². The van der Waals surface area contributed by atoms with E-state index in [2.05, 4.69) is 0 Å². The molecule has 0 spiro atoms. The van der Waals surface area contributed by atoms with Crippen LogP contribution in [0.3, 0.4) is 0 Å². The van der Waals surface area contributed by atoms with E-state index in [9.17, 15) is 22.8 Å². The minimum absolute atomic E-state index is 0.0681. The van der Waals surface area contributed by atoms with Crippen molar-refractivity contribution in [2.75, 3.05) is 11.5 Å². The van der Waals surface area contributed by atoms with Crippen LogP contribution >= 0.6 is 0 Å². The van der Waals surface area contributed by atoms with Crippen LogP contribution in [-0.2, 0) is 17.5 Å². The van der Waals surface area contributed by atoms with Crippen LogP contribution in [0.4, 0.5) is 18.9 Å². The van der Waals surface area contributed by atoms with Crippen LogP contribution in [0.5, 0.6) is 5.75 Å². The average molecular weight is 366 g/mol. The second kappa shape index (κ2) is 6.68. The Labute approximate surface area is 145 Å². The second-order valence-electron chi connectivity index (χ2n) is 5.59. The maximum absolute atomic E-state index is 12.9. The first-order valence-electron chi connectivity index (χ1n) is 7.47. The van der Waals surface area contributed by atoms with Crippen LogP contribution in [0, 0.1) is 0 Å². The van der Waals surface area contributed by atoms with Crippen molar-refractivity contribution in [3.05, 3.63) is 59.2 Å². The van der Waals surface area contributed by atoms with Crippen molar-refractivity contribution in [1.29, 1.82) is 0 Å². The largest absolute Gasteiger partial charge is 0.482 e. The fourth-order valence-electron chi connectivity index (χ4n) is 2.61. The molecule has 2 N–H and O–H groups in total. The molecule has 2 aromatic rings. The number of hydroxylamine groups is 1. The average Bonchev–Trinajstić information content (AvgIpc) is 2.62. The van der Waals surface area contributed by atoms with Gasteiger partial charge in [-0.05, 0) is 35.9 Å². The normalized spacial score (nSPS) is 13.8. The summed E-state index contributed by atoms with van der Waals surface area (Å²) in [7, 11) is 0. The van der Waals surface area contributed by atoms with Gasteiger partial charge in [-0.2, -0.15) is 13.2 Å². The molecule has 0 saturated carbocycles. The molecule has 26 heavy (non-hydrogen) atoms. The Hall–Kier alpha value is -3.07. The van der Waals surface area contributed by atoms with E-state index < -0.39 is 23.6 Å². The second-order valence-corrected chi connectivity index (χ2v) is 5.59. The number of hydrogen-bond acceptors (Lipinski definition) is 4. The molecule has 2 amide bonds. The Bertz CT molecular complexity index is 867. The number of carbonyl (C=O) groups excluding carboxylic acids is 2. The van der Waals surface area contributed by atoms with Gasteiger partial charge in [0.1, 0.15) is 5.75 Å². The highest BCUT2D eigenvalue weighted by Crippen LogP contribution is 2.35. The molecular weight excluding hydrogens is 353 g/mol. The number of alkyl halides is 3. The fraction of sp³-hybridized carbons (Fsp3) is 0.176. The molecular formula is C17H13F3N2O4. The number of hydrogen-bond donors (Lipinski definition) is 2. The Balaban J connectivity index is 1.96. The lowest BCUT2D eigenvalue weighted by Crippen LogP contribution is -2.38. The Morgan fingerprint density at radius 1 is 1.23 bits per heavy atom. The van der Waals surface area contributed by atoms with E-state index in [4.69, 9.17) is 9.94 Å². The predicted molar refractivity (Wildman–Crippen MR) is 83.8 cm³/mol. The Morgan fingerprint density at radius 3 is 2.69 bits per heavy atom. The van der Waals surface area contributed by atoms with E-state index in [1.807, 2.05) is 0 Å². The van der Waals surface area contributed by atoms with Gasteiger partial charge in [0.25, 0.3) is 11.8 Å². The topological polar surface area (TPSA) is 78.9 Å². The van der Waals surface area contributed by atoms with Crippen molar-refractivity contribution in [2.45, 2.75) is 12.7 Å². The number of anilines is 1. The molecule has 1 heterocycles. The van der Waals surface area contributed by atoms with Crippen LogP contribution in [0.2, 0.25) is 0 Å². The molecule has 1 aliphatic rings. The van der Waals surface area contributed by atoms with Gasteiger partial charge in [0, 0.05) is 5.56 Å². The van der Waals surface area contributed by atoms with E-state index in [-0.39, 0.29) is 30.0 Å². The summed E-state index contributed by atoms with van der Waals surface area (Å²) < 4.78 is 43.9. The van der Waals surface area contributed by atoms with E-state index in [0.717, 1.165) is 12.1 Å². The summed E-state index contributed by atoms with van der Waals surface area (Å²) >= 11 is 0. The van der Waals surface area contributed by atoms with E-state index in [1.54, 1.807) is 0 Å². The molecule has 1 aliphatic heterocycles. The van der Waals surface area contributed by atoms with Crippen molar-refractivity contribution in [3.8, 4) is 5.75 Å². The van der Waals surface area contributed by atoms with Gasteiger partial charge < -0.3 is 9.64 Å². The van der Waals surface area contributed by atoms with Gasteiger partial charge in [0.2, 0.25) is 0 Å². The van der Waals surface area contributed by atoms with Gasteiger partial charge >= 0.3 is 6.18 Å². The highest BCUT2D eigenvalue weighted by atomic mass is 19.4. The molecule has 9 heteroatoms. The summed E-state index contributed by atoms with van der Waals surface area (Å²) in [6.45, 7) is -0.388. The van der Waals surface area contributed by atoms with Crippen LogP contribution in [0.15, 0.2) is 42.5 Å². The zero-order valence-corrected chi connectivity index (χ0v) is 13.2. The molecule has 0 fully saturated rings. The monoisotopic (exact) mass is 366 g/mol. The van der Waals surface area contributed by atoms with Gasteiger partial charge in [-0.25, -0.2) is 5.48 Å². The smallest absolute Gasteiger partial charge is 0.416 e. The van der Waals surface area contributed by atoms with Crippen LogP contribution in [0.1, 0.15) is 21.5 Å². The number of amides is 2. The molecule has 0 aliphatic carbocycles. The number of rotatable bonds is 3. The maximum Gasteiger partial charge on any atom is 0.416 e. The van der Waals surface area contributed by atoms with Crippen LogP contribution < -0.4 is 15.1 Å². The molecule has 0 unspecified atom stereocenters. The lowest BCUT2D eigenvalue weighted by Gasteiger charge is -2.30. The van der Waals surface area contributed by atoms with E-state index >= 15 is 0 Å². The minimum atomic E-state index is -4.49. The zero-order valence-electron chi connectivity index (χ0n) is 13.2. The predicted octanol–water partition coefficient (Wildman–Crippen LogP) is 2.75. The Morgan fingerprint density at radius 2 is 2.00 bits per heavy atom. The fourth-order valence-corrected chi connectivity index (χ4v) is 2.61. The number of ether oxygens (including phenoxy) is 1. The molecule has 2 aromatic carbocycles. The third-order valence-corrected chi connectivity index (χ3v) is 3.86. The first-order chi connectivity index (χ1) is 12.3. The number of carbonyl (C=O) groups is 2. The lowest BCUT2D eigenvalue weighted by molar-refractivity contribution is -0.137. The summed E-state index contributed by atoms with van der Waals surface area (Å²) in [5.41, 5.74) is 1.24. The molecule has 0 radical (unpaired) electrons. The first-order valence-corrected chi connectivity index (χ1v) is 7.47. The third-order valence-electron chi connectivity index (χ3n) is 3.86. The molecule has 6 nitrogen and oxygen atoms in total. The van der Waals surface area contributed by atoms with Crippen molar-refractivity contribution in [1.82, 2.24) is 5.48 Å². The summed E-state index contributed by atoms with van der Waals surface area (Å²) in [6.07, 6.45) is -4.49. The van der Waals surface area contributed by atoms with Gasteiger partial charge in [-0.3, -0.25) is 14.8 Å². The van der Waals surface area contributed by atoms with Crippen LogP contribution in [0.25, 0.3) is 0 Å². The molecule has 0 aromatic heterocycles. The van der Waals surface area contributed by atoms with Crippen molar-refractivity contribution >= 4 is 17.5 Å². The lowest BCUT2D eigenvalue weighted by atomic mass is 10.1. The summed E-state index contributed by atoms with van der Waals surface area (Å²) in [5.74, 6) is -0.938. The van der Waals surface area contributed by atoms with E-state index in [0.29, 0.717) is 5.75 Å². The SMILES string of the molecule is O=C(NO)c1ccc2c(c1)N(Cc1cccc(C(F)(F)F)c1)C(=O)CO2. The number of benzene rings is 2. The molecule has 136 valence electrons. The number of nitrogens with zero attached hydrogens (tertiary/aromatic N) is 1. The van der Waals surface area contributed by atoms with Gasteiger partial charge in [-0.15, -0.1) is 0 Å². The Kier molecular flexibility index (Phi) is 4.56. The van der Waals surface area contributed by atoms with Crippen LogP contribution in [-0.4, -0.2) is 23.6 Å². The number of fused-ring (bicyclic) bond motifs is 1. The molecule has 3 rings (SSSR count). The quantitative estimate of drug-likeness (QED) is 0.647. The third kappa shape index (κ3) is 3.47. The first kappa shape index (κ1) is 17.7. The standard InChI is InChI=1S/C17H13F3N2O4/c18-17(19,20)12-3-1-2-10(6-12)8-22-13-7-11(16(24)21-25)4-5-14(13)26-9-15(22)23/h1-7,25H,8-9H2,(H,21,24). The van der Waals surface area contributed by atoms with Crippen molar-refractivity contribution < 1.29 is 32.7 Å². The highest BCUT2D eigenvalue weighted by molar-refractivity contribution is 6.01. The highest BCUT2D eigenvalue weighted by Gasteiger charge is 2.31. The molecule has 0 saturated heterocycles. The molecule has 0 bridgehead atoms. The minimum Gasteiger partial charge on any atom is -0.482 e. The van der Waals surface area contributed by atoms with Crippen molar-refractivity contribution in [3.63, 3.8) is 0 Å². The summed E-state index contributed by atoms with van der Waals surface area (Å²) in [4.78, 5) is 25.0. The maximum atomic E-state index is 12.9. The molecule has 0 atom stereocenters. The summed E-state index contributed by atoms with van der Waals surface area (Å²) in [6, 6.07) is 8.82. The number of nitrogens with one attached hydrogen (secondary N) is 1. The van der Waals surface area contributed by atoms with Crippen molar-refractivity contribution in [2.24, 2.45) is 0 Å². The number of halogens is 3. The van der Waals surface area contributed by atoms with Gasteiger partial charge in [-0.1, -0.05) is 12.1 Å². The summed E-state index contributed by atoms with van der Waals surface area (Å²) in [5, 5.41) is 8.73. The van der Waals surface area contributed by atoms with E-state index in [1.165, 1.54) is 40.7 Å².